The number of hydrogen-bond acceptors (Lipinski definition) is 6. The van der Waals surface area contributed by atoms with E-state index in [1.54, 1.807) is 16.8 Å². The third kappa shape index (κ3) is 2.61. The highest BCUT2D eigenvalue weighted by Gasteiger charge is 2.34. The number of rotatable bonds is 2. The first-order chi connectivity index (χ1) is 13.6. The molecule has 1 aliphatic rings. The maximum absolute atomic E-state index is 13.4. The molecule has 0 spiro atoms. The average Bonchev–Trinajstić information content (AvgIpc) is 3.17. The lowest BCUT2D eigenvalue weighted by Crippen LogP contribution is -2.29. The van der Waals surface area contributed by atoms with E-state index in [1.807, 2.05) is 24.3 Å². The van der Waals surface area contributed by atoms with Crippen molar-refractivity contribution in [2.24, 2.45) is 0 Å². The minimum Gasteiger partial charge on any atom is -0.318 e. The number of halogens is 2. The number of nitrogens with one attached hydrogen (secondary N) is 2. The summed E-state index contributed by atoms with van der Waals surface area (Å²) in [6, 6.07) is 13.1. The van der Waals surface area contributed by atoms with Gasteiger partial charge in [-0.15, -0.1) is 0 Å². The Morgan fingerprint density at radius 3 is 2.57 bits per heavy atom. The van der Waals surface area contributed by atoms with E-state index in [4.69, 9.17) is 0 Å². The zero-order valence-electron chi connectivity index (χ0n) is 14.1. The first-order valence-corrected chi connectivity index (χ1v) is 9.10. The number of aromatic nitrogens is 6. The first-order valence-electron chi connectivity index (χ1n) is 8.30. The van der Waals surface area contributed by atoms with Gasteiger partial charge in [-0.05, 0) is 52.4 Å². The molecule has 3 heterocycles. The first kappa shape index (κ1) is 16.8. The molecule has 0 aliphatic carbocycles. The van der Waals surface area contributed by atoms with Gasteiger partial charge in [0.05, 0.1) is 5.69 Å². The Morgan fingerprint density at radius 2 is 1.82 bits per heavy atom. The van der Waals surface area contributed by atoms with Crippen molar-refractivity contribution in [2.75, 3.05) is 5.32 Å². The molecule has 0 radical (unpaired) electrons. The Hall–Kier alpha value is -3.40. The summed E-state index contributed by atoms with van der Waals surface area (Å²) in [5.74, 6) is -0.00503. The van der Waals surface area contributed by atoms with Gasteiger partial charge in [0.25, 0.3) is 5.56 Å². The molecule has 28 heavy (non-hydrogen) atoms. The van der Waals surface area contributed by atoms with Gasteiger partial charge in [0.1, 0.15) is 17.5 Å². The fourth-order valence-electron chi connectivity index (χ4n) is 3.32. The SMILES string of the molecule is O=c1[nH]nc(-c2ccc(F)cc2)c2c1Nc1nnnn1C2c1ccc(Br)cc1. The Labute approximate surface area is 165 Å². The summed E-state index contributed by atoms with van der Waals surface area (Å²) < 4.78 is 15.9. The molecule has 0 amide bonds. The summed E-state index contributed by atoms with van der Waals surface area (Å²) in [5, 5.41) is 21.5. The molecule has 2 aromatic heterocycles. The van der Waals surface area contributed by atoms with Crippen molar-refractivity contribution in [3.63, 3.8) is 0 Å². The quantitative estimate of drug-likeness (QED) is 0.438. The molecular weight excluding hydrogens is 429 g/mol. The van der Waals surface area contributed by atoms with Gasteiger partial charge in [0.2, 0.25) is 5.95 Å². The van der Waals surface area contributed by atoms with Gasteiger partial charge >= 0.3 is 0 Å². The second-order valence-corrected chi connectivity index (χ2v) is 7.14. The molecule has 1 aliphatic heterocycles. The van der Waals surface area contributed by atoms with Gasteiger partial charge in [-0.3, -0.25) is 4.79 Å². The molecule has 0 bridgehead atoms. The Morgan fingerprint density at radius 1 is 1.07 bits per heavy atom. The zero-order valence-corrected chi connectivity index (χ0v) is 15.7. The van der Waals surface area contributed by atoms with Crippen LogP contribution >= 0.6 is 15.9 Å². The molecule has 2 N–H and O–H groups in total. The molecule has 2 aromatic carbocycles. The van der Waals surface area contributed by atoms with Crippen LogP contribution in [0.3, 0.4) is 0 Å². The van der Waals surface area contributed by atoms with E-state index < -0.39 is 11.6 Å². The highest BCUT2D eigenvalue weighted by molar-refractivity contribution is 9.10. The number of nitrogens with zero attached hydrogens (tertiary/aromatic N) is 5. The largest absolute Gasteiger partial charge is 0.318 e. The van der Waals surface area contributed by atoms with Crippen molar-refractivity contribution in [1.29, 1.82) is 0 Å². The van der Waals surface area contributed by atoms with Crippen molar-refractivity contribution >= 4 is 27.6 Å². The molecular formula is C18H11BrFN7O. The average molecular weight is 440 g/mol. The van der Waals surface area contributed by atoms with Crippen molar-refractivity contribution in [1.82, 2.24) is 30.4 Å². The number of H-pyrrole nitrogens is 1. The molecule has 5 rings (SSSR count). The van der Waals surface area contributed by atoms with E-state index in [9.17, 15) is 9.18 Å². The third-order valence-corrected chi connectivity index (χ3v) is 5.10. The lowest BCUT2D eigenvalue weighted by molar-refractivity contribution is 0.567. The normalized spacial score (nSPS) is 14.9. The van der Waals surface area contributed by atoms with Gasteiger partial charge in [0, 0.05) is 15.6 Å². The highest BCUT2D eigenvalue weighted by atomic mass is 79.9. The van der Waals surface area contributed by atoms with Gasteiger partial charge in [-0.2, -0.15) is 9.78 Å². The topological polar surface area (TPSA) is 101 Å². The summed E-state index contributed by atoms with van der Waals surface area (Å²) in [5.41, 5.74) is 2.57. The van der Waals surface area contributed by atoms with E-state index in [0.29, 0.717) is 28.5 Å². The lowest BCUT2D eigenvalue weighted by atomic mass is 9.92. The fraction of sp³-hybridized carbons (Fsp3) is 0.0556. The summed E-state index contributed by atoms with van der Waals surface area (Å²) in [7, 11) is 0. The Bertz CT molecular complexity index is 1230. The van der Waals surface area contributed by atoms with Crippen LogP contribution in [0.1, 0.15) is 17.2 Å². The fourth-order valence-corrected chi connectivity index (χ4v) is 3.58. The molecule has 0 saturated carbocycles. The molecule has 0 fully saturated rings. The van der Waals surface area contributed by atoms with Crippen LogP contribution in [-0.2, 0) is 0 Å². The van der Waals surface area contributed by atoms with Crippen molar-refractivity contribution in [2.45, 2.75) is 6.04 Å². The number of tetrazole rings is 1. The standard InChI is InChI=1S/C18H11BrFN7O/c19-11-5-1-10(2-6-11)16-13-14(9-3-7-12(20)8-4-9)22-23-17(28)15(13)21-18-24-25-26-27(16)18/h1-8,16H,(H,23,28)(H,21,24,26). The maximum atomic E-state index is 13.4. The van der Waals surface area contributed by atoms with E-state index >= 15 is 0 Å². The summed E-state index contributed by atoms with van der Waals surface area (Å²) in [6.07, 6.45) is 0. The predicted octanol–water partition coefficient (Wildman–Crippen LogP) is 3.02. The van der Waals surface area contributed by atoms with E-state index in [2.05, 4.69) is 47.0 Å². The van der Waals surface area contributed by atoms with Gasteiger partial charge in [0.15, 0.2) is 0 Å². The van der Waals surface area contributed by atoms with Crippen LogP contribution in [0.5, 0.6) is 0 Å². The number of fused-ring (bicyclic) bond motifs is 2. The molecule has 8 nitrogen and oxygen atoms in total. The molecule has 1 atom stereocenters. The minimum absolute atomic E-state index is 0.310. The Balaban J connectivity index is 1.81. The van der Waals surface area contributed by atoms with Gasteiger partial charge < -0.3 is 5.32 Å². The minimum atomic E-state index is -0.482. The van der Waals surface area contributed by atoms with Gasteiger partial charge in [-0.1, -0.05) is 33.2 Å². The van der Waals surface area contributed by atoms with E-state index in [0.717, 1.165) is 10.0 Å². The van der Waals surface area contributed by atoms with E-state index in [1.165, 1.54) is 12.1 Å². The molecule has 1 unspecified atom stereocenters. The van der Waals surface area contributed by atoms with Crippen LogP contribution in [0.4, 0.5) is 16.0 Å². The van der Waals surface area contributed by atoms with Crippen LogP contribution in [0.25, 0.3) is 11.3 Å². The number of aromatic amines is 1. The lowest BCUT2D eigenvalue weighted by Gasteiger charge is -2.27. The van der Waals surface area contributed by atoms with Crippen LogP contribution in [0, 0.1) is 5.82 Å². The second-order valence-electron chi connectivity index (χ2n) is 6.22. The number of hydrogen-bond donors (Lipinski definition) is 2. The molecule has 138 valence electrons. The van der Waals surface area contributed by atoms with Crippen molar-refractivity contribution in [3.05, 3.63) is 80.3 Å². The number of benzene rings is 2. The molecule has 0 saturated heterocycles. The Kier molecular flexibility index (Phi) is 3.79. The maximum Gasteiger partial charge on any atom is 0.288 e. The van der Waals surface area contributed by atoms with Crippen molar-refractivity contribution < 1.29 is 4.39 Å². The van der Waals surface area contributed by atoms with Crippen LogP contribution in [-0.4, -0.2) is 30.4 Å². The monoisotopic (exact) mass is 439 g/mol. The smallest absolute Gasteiger partial charge is 0.288 e. The highest BCUT2D eigenvalue weighted by Crippen LogP contribution is 2.41. The summed E-state index contributed by atoms with van der Waals surface area (Å²) in [4.78, 5) is 12.5. The summed E-state index contributed by atoms with van der Waals surface area (Å²) >= 11 is 3.43. The molecule has 10 heteroatoms. The van der Waals surface area contributed by atoms with Crippen LogP contribution in [0.15, 0.2) is 57.8 Å². The van der Waals surface area contributed by atoms with Crippen LogP contribution < -0.4 is 10.9 Å². The number of anilines is 2. The van der Waals surface area contributed by atoms with Crippen molar-refractivity contribution in [3.8, 4) is 11.3 Å². The zero-order chi connectivity index (χ0) is 19.3. The summed E-state index contributed by atoms with van der Waals surface area (Å²) in [6.45, 7) is 0. The van der Waals surface area contributed by atoms with Gasteiger partial charge in [-0.25, -0.2) is 9.49 Å². The second kappa shape index (κ2) is 6.34. The molecule has 4 aromatic rings. The van der Waals surface area contributed by atoms with Crippen LogP contribution in [0.2, 0.25) is 0 Å². The van der Waals surface area contributed by atoms with E-state index in [-0.39, 0.29) is 5.82 Å². The third-order valence-electron chi connectivity index (χ3n) is 4.57. The predicted molar refractivity (Wildman–Crippen MR) is 103 cm³/mol.